The van der Waals surface area contributed by atoms with E-state index < -0.39 is 34.3 Å². The molecular weight excluding hydrogens is 440 g/mol. The average molecular weight is 469 g/mol. The number of nitro groups is 1. The number of nitrogens with zero attached hydrogens (tertiary/aromatic N) is 1. The van der Waals surface area contributed by atoms with Crippen LogP contribution in [0.15, 0.2) is 65.9 Å². The fraction of sp³-hybridized carbons (Fsp3) is 0.360. The number of carbonyl (C=O) groups excluding carboxylic acids is 2. The summed E-state index contributed by atoms with van der Waals surface area (Å²) in [6.07, 6.45) is -0.0645. The number of nitro benzene ring substituents is 1. The molecule has 2 N–H and O–H groups in total. The summed E-state index contributed by atoms with van der Waals surface area (Å²) in [7, 11) is 0. The lowest BCUT2D eigenvalue weighted by Gasteiger charge is -2.43. The Balaban J connectivity index is 2.28. The van der Waals surface area contributed by atoms with Crippen molar-refractivity contribution < 1.29 is 29.1 Å². The summed E-state index contributed by atoms with van der Waals surface area (Å²) in [5, 5.41) is 26.1. The fourth-order valence-electron chi connectivity index (χ4n) is 4.36. The predicted molar refractivity (Wildman–Crippen MR) is 125 cm³/mol. The molecule has 0 radical (unpaired) electrons. The first-order valence-corrected chi connectivity index (χ1v) is 11.0. The maximum Gasteiger partial charge on any atom is 0.336 e. The van der Waals surface area contributed by atoms with E-state index in [9.17, 15) is 24.8 Å². The summed E-state index contributed by atoms with van der Waals surface area (Å²) in [6.45, 7) is 4.95. The minimum atomic E-state index is -1.63. The van der Waals surface area contributed by atoms with Crippen molar-refractivity contribution in [1.29, 1.82) is 0 Å². The van der Waals surface area contributed by atoms with Gasteiger partial charge < -0.3 is 19.9 Å². The van der Waals surface area contributed by atoms with Crippen molar-refractivity contribution in [3.8, 4) is 0 Å². The Hall–Kier alpha value is -3.72. The fourth-order valence-corrected chi connectivity index (χ4v) is 4.36. The molecule has 180 valence electrons. The minimum absolute atomic E-state index is 0.0645. The molecule has 2 aromatic carbocycles. The highest BCUT2D eigenvalue weighted by molar-refractivity contribution is 5.94. The molecule has 9 heteroatoms. The van der Waals surface area contributed by atoms with E-state index in [2.05, 4.69) is 5.32 Å². The number of aliphatic hydroxyl groups is 1. The molecule has 2 aromatic rings. The van der Waals surface area contributed by atoms with Crippen LogP contribution in [0.4, 0.5) is 11.4 Å². The zero-order chi connectivity index (χ0) is 24.9. The molecule has 0 bridgehead atoms. The molecule has 3 rings (SSSR count). The zero-order valence-electron chi connectivity index (χ0n) is 19.3. The minimum Gasteiger partial charge on any atom is -0.466 e. The van der Waals surface area contributed by atoms with E-state index in [0.717, 1.165) is 0 Å². The standard InChI is InChI=1S/C25H28N2O7/c1-4-33-23(28)21-19(26-17-11-7-6-8-12-17)15-25(3,30)22(24(29)34-5-2)20(21)16-10-9-13-18(14-16)27(31)32/h6-14,20,22,26,30H,4-5,15H2,1-3H3/t20-,22+,25+/m0/s1. The lowest BCUT2D eigenvalue weighted by Crippen LogP contribution is -2.49. The Kier molecular flexibility index (Phi) is 7.68. The van der Waals surface area contributed by atoms with Crippen LogP contribution in [0.2, 0.25) is 0 Å². The van der Waals surface area contributed by atoms with E-state index in [1.165, 1.54) is 25.1 Å². The smallest absolute Gasteiger partial charge is 0.336 e. The summed E-state index contributed by atoms with van der Waals surface area (Å²) in [5.41, 5.74) is -0.354. The number of anilines is 1. The van der Waals surface area contributed by atoms with Crippen LogP contribution in [0.25, 0.3) is 0 Å². The number of non-ortho nitro benzene ring substituents is 1. The van der Waals surface area contributed by atoms with Crippen LogP contribution in [0.3, 0.4) is 0 Å². The first-order chi connectivity index (χ1) is 16.2. The van der Waals surface area contributed by atoms with E-state index in [4.69, 9.17) is 9.47 Å². The van der Waals surface area contributed by atoms with Crippen LogP contribution in [-0.2, 0) is 19.1 Å². The third kappa shape index (κ3) is 5.26. The van der Waals surface area contributed by atoms with Gasteiger partial charge in [0.1, 0.15) is 0 Å². The molecule has 0 amide bonds. The molecule has 0 aliphatic heterocycles. The summed E-state index contributed by atoms with van der Waals surface area (Å²) >= 11 is 0. The van der Waals surface area contributed by atoms with Crippen molar-refractivity contribution in [2.75, 3.05) is 18.5 Å². The van der Waals surface area contributed by atoms with Crippen molar-refractivity contribution >= 4 is 23.3 Å². The number of hydrogen-bond donors (Lipinski definition) is 2. The first-order valence-electron chi connectivity index (χ1n) is 11.0. The van der Waals surface area contributed by atoms with Gasteiger partial charge >= 0.3 is 11.9 Å². The van der Waals surface area contributed by atoms with Crippen LogP contribution < -0.4 is 5.32 Å². The molecule has 9 nitrogen and oxygen atoms in total. The molecule has 0 fully saturated rings. The van der Waals surface area contributed by atoms with Gasteiger partial charge in [0.25, 0.3) is 5.69 Å². The van der Waals surface area contributed by atoms with Gasteiger partial charge in [0.2, 0.25) is 0 Å². The summed E-state index contributed by atoms with van der Waals surface area (Å²) in [5.74, 6) is -3.63. The number of para-hydroxylation sites is 1. The maximum absolute atomic E-state index is 13.3. The van der Waals surface area contributed by atoms with Gasteiger partial charge in [-0.25, -0.2) is 4.79 Å². The van der Waals surface area contributed by atoms with Gasteiger partial charge in [-0.1, -0.05) is 30.3 Å². The second kappa shape index (κ2) is 10.5. The second-order valence-corrected chi connectivity index (χ2v) is 8.20. The molecule has 0 unspecified atom stereocenters. The molecule has 0 aromatic heterocycles. The van der Waals surface area contributed by atoms with Gasteiger partial charge in [-0.05, 0) is 38.5 Å². The summed E-state index contributed by atoms with van der Waals surface area (Å²) in [6, 6.07) is 14.7. The van der Waals surface area contributed by atoms with E-state index in [0.29, 0.717) is 16.9 Å². The largest absolute Gasteiger partial charge is 0.466 e. The Morgan fingerprint density at radius 2 is 1.79 bits per heavy atom. The normalized spacial score (nSPS) is 22.1. The number of nitrogens with one attached hydrogen (secondary N) is 1. The zero-order valence-corrected chi connectivity index (χ0v) is 19.3. The molecule has 3 atom stereocenters. The number of ether oxygens (including phenoxy) is 2. The van der Waals surface area contributed by atoms with E-state index in [1.54, 1.807) is 32.0 Å². The number of carbonyl (C=O) groups is 2. The molecule has 34 heavy (non-hydrogen) atoms. The summed E-state index contributed by atoms with van der Waals surface area (Å²) in [4.78, 5) is 37.2. The number of hydrogen-bond acceptors (Lipinski definition) is 8. The Morgan fingerprint density at radius 1 is 1.12 bits per heavy atom. The SMILES string of the molecule is CCOC(=O)C1=C(Nc2ccccc2)C[C@@](C)(O)[C@@H](C(=O)OCC)[C@H]1c1cccc([N+](=O)[O-])c1. The van der Waals surface area contributed by atoms with Crippen LogP contribution in [0, 0.1) is 16.0 Å². The van der Waals surface area contributed by atoms with E-state index >= 15 is 0 Å². The molecule has 0 heterocycles. The highest BCUT2D eigenvalue weighted by atomic mass is 16.6. The highest BCUT2D eigenvalue weighted by Crippen LogP contribution is 2.48. The Labute approximate surface area is 197 Å². The topological polar surface area (TPSA) is 128 Å². The number of esters is 2. The van der Waals surface area contributed by atoms with Gasteiger partial charge in [0.05, 0.1) is 35.2 Å². The summed E-state index contributed by atoms with van der Waals surface area (Å²) < 4.78 is 10.6. The van der Waals surface area contributed by atoms with E-state index in [1.807, 2.05) is 18.2 Å². The number of benzene rings is 2. The van der Waals surface area contributed by atoms with Crippen molar-refractivity contribution in [2.24, 2.45) is 5.92 Å². The Morgan fingerprint density at radius 3 is 2.41 bits per heavy atom. The second-order valence-electron chi connectivity index (χ2n) is 8.20. The van der Waals surface area contributed by atoms with Gasteiger partial charge in [-0.2, -0.15) is 0 Å². The highest BCUT2D eigenvalue weighted by Gasteiger charge is 2.52. The third-order valence-electron chi connectivity index (χ3n) is 5.72. The van der Waals surface area contributed by atoms with E-state index in [-0.39, 0.29) is 30.9 Å². The monoisotopic (exact) mass is 468 g/mol. The maximum atomic E-state index is 13.3. The average Bonchev–Trinajstić information content (AvgIpc) is 2.79. The van der Waals surface area contributed by atoms with Gasteiger partial charge in [-0.15, -0.1) is 0 Å². The Bertz CT molecular complexity index is 1100. The van der Waals surface area contributed by atoms with Crippen molar-refractivity contribution in [1.82, 2.24) is 0 Å². The van der Waals surface area contributed by atoms with Crippen LogP contribution in [0.5, 0.6) is 0 Å². The van der Waals surface area contributed by atoms with Crippen LogP contribution in [-0.4, -0.2) is 40.8 Å². The predicted octanol–water partition coefficient (Wildman–Crippen LogP) is 3.94. The quantitative estimate of drug-likeness (QED) is 0.339. The lowest BCUT2D eigenvalue weighted by atomic mass is 9.65. The number of rotatable bonds is 8. The van der Waals surface area contributed by atoms with Crippen LogP contribution >= 0.6 is 0 Å². The lowest BCUT2D eigenvalue weighted by molar-refractivity contribution is -0.384. The molecule has 0 saturated heterocycles. The van der Waals surface area contributed by atoms with Crippen LogP contribution in [0.1, 0.15) is 38.7 Å². The van der Waals surface area contributed by atoms with Gasteiger partial charge in [0, 0.05) is 35.9 Å². The molecule has 1 aliphatic carbocycles. The van der Waals surface area contributed by atoms with Crippen molar-refractivity contribution in [2.45, 2.75) is 38.7 Å². The van der Waals surface area contributed by atoms with Crippen molar-refractivity contribution in [3.63, 3.8) is 0 Å². The van der Waals surface area contributed by atoms with Gasteiger partial charge in [0.15, 0.2) is 0 Å². The van der Waals surface area contributed by atoms with Gasteiger partial charge in [-0.3, -0.25) is 14.9 Å². The molecule has 1 aliphatic rings. The molecule has 0 spiro atoms. The third-order valence-corrected chi connectivity index (χ3v) is 5.72. The first kappa shape index (κ1) is 24.9. The van der Waals surface area contributed by atoms with Crippen molar-refractivity contribution in [3.05, 3.63) is 81.5 Å². The molecule has 0 saturated carbocycles. The molecular formula is C25H28N2O7.